The Hall–Kier alpha value is -3.17. The molecule has 0 unspecified atom stereocenters. The van der Waals surface area contributed by atoms with Gasteiger partial charge in [0.25, 0.3) is 10.0 Å². The molecule has 31 heavy (non-hydrogen) atoms. The van der Waals surface area contributed by atoms with E-state index in [2.05, 4.69) is 5.32 Å². The molecule has 0 saturated carbocycles. The second-order valence-electron chi connectivity index (χ2n) is 6.32. The van der Waals surface area contributed by atoms with Gasteiger partial charge in [-0.05, 0) is 42.5 Å². The predicted octanol–water partition coefficient (Wildman–Crippen LogP) is 4.46. The number of ether oxygens (including phenoxy) is 1. The Morgan fingerprint density at radius 1 is 1.06 bits per heavy atom. The maximum atomic E-state index is 13.9. The molecule has 0 bridgehead atoms. The number of nitrogens with zero attached hydrogens (tertiary/aromatic N) is 1. The fourth-order valence-electron chi connectivity index (χ4n) is 2.76. The van der Waals surface area contributed by atoms with Gasteiger partial charge in [-0.1, -0.05) is 29.8 Å². The minimum atomic E-state index is -4.18. The molecule has 6 nitrogen and oxygen atoms in total. The zero-order valence-corrected chi connectivity index (χ0v) is 17.8. The Balaban J connectivity index is 1.97. The second kappa shape index (κ2) is 9.32. The minimum absolute atomic E-state index is 0.0531. The van der Waals surface area contributed by atoms with Crippen LogP contribution in [0.1, 0.15) is 0 Å². The minimum Gasteiger partial charge on any atom is -0.495 e. The average Bonchev–Trinajstić information content (AvgIpc) is 2.74. The summed E-state index contributed by atoms with van der Waals surface area (Å²) >= 11 is 6.14. The number of rotatable bonds is 7. The Morgan fingerprint density at radius 2 is 1.77 bits per heavy atom. The van der Waals surface area contributed by atoms with E-state index in [1.165, 1.54) is 37.4 Å². The van der Waals surface area contributed by atoms with E-state index in [4.69, 9.17) is 16.3 Å². The molecule has 3 aromatic carbocycles. The van der Waals surface area contributed by atoms with E-state index in [9.17, 15) is 22.0 Å². The molecule has 0 radical (unpaired) electrons. The highest BCUT2D eigenvalue weighted by Crippen LogP contribution is 2.32. The van der Waals surface area contributed by atoms with Gasteiger partial charge < -0.3 is 10.1 Å². The number of hydrogen-bond acceptors (Lipinski definition) is 4. The van der Waals surface area contributed by atoms with Gasteiger partial charge in [0.05, 0.1) is 28.4 Å². The molecule has 3 rings (SSSR count). The fourth-order valence-corrected chi connectivity index (χ4v) is 4.44. The van der Waals surface area contributed by atoms with Gasteiger partial charge in [0.15, 0.2) is 0 Å². The molecule has 0 aromatic heterocycles. The smallest absolute Gasteiger partial charge is 0.264 e. The summed E-state index contributed by atoms with van der Waals surface area (Å²) in [5.41, 5.74) is -0.180. The van der Waals surface area contributed by atoms with E-state index in [-0.39, 0.29) is 21.3 Å². The van der Waals surface area contributed by atoms with Crippen LogP contribution in [0.2, 0.25) is 5.02 Å². The first-order valence-electron chi connectivity index (χ1n) is 8.88. The van der Waals surface area contributed by atoms with Gasteiger partial charge in [-0.25, -0.2) is 17.2 Å². The largest absolute Gasteiger partial charge is 0.495 e. The van der Waals surface area contributed by atoms with Crippen LogP contribution in [-0.4, -0.2) is 28.0 Å². The number of sulfonamides is 1. The molecule has 0 aliphatic heterocycles. The summed E-state index contributed by atoms with van der Waals surface area (Å²) in [7, 11) is -2.77. The molecule has 162 valence electrons. The highest BCUT2D eigenvalue weighted by atomic mass is 35.5. The van der Waals surface area contributed by atoms with E-state index in [0.717, 1.165) is 16.4 Å². The summed E-state index contributed by atoms with van der Waals surface area (Å²) in [5, 5.41) is 2.39. The van der Waals surface area contributed by atoms with Crippen molar-refractivity contribution in [3.05, 3.63) is 83.4 Å². The van der Waals surface area contributed by atoms with Crippen LogP contribution < -0.4 is 14.4 Å². The predicted molar refractivity (Wildman–Crippen MR) is 114 cm³/mol. The van der Waals surface area contributed by atoms with E-state index in [1.807, 2.05) is 0 Å². The van der Waals surface area contributed by atoms with Crippen molar-refractivity contribution < 1.29 is 26.7 Å². The van der Waals surface area contributed by atoms with Crippen LogP contribution in [0.25, 0.3) is 0 Å². The van der Waals surface area contributed by atoms with Crippen molar-refractivity contribution in [1.29, 1.82) is 0 Å². The summed E-state index contributed by atoms with van der Waals surface area (Å²) in [6.45, 7) is -0.684. The molecule has 0 aliphatic carbocycles. The van der Waals surface area contributed by atoms with E-state index >= 15 is 0 Å². The zero-order valence-electron chi connectivity index (χ0n) is 16.2. The first kappa shape index (κ1) is 22.5. The number of carbonyl (C=O) groups is 1. The number of carbonyl (C=O) groups excluding carboxylic acids is 1. The van der Waals surface area contributed by atoms with Gasteiger partial charge in [-0.15, -0.1) is 0 Å². The summed E-state index contributed by atoms with van der Waals surface area (Å²) in [5.74, 6) is -2.31. The Bertz CT molecular complexity index is 1210. The summed E-state index contributed by atoms with van der Waals surface area (Å²) in [4.78, 5) is 12.5. The van der Waals surface area contributed by atoms with Crippen LogP contribution in [0.4, 0.5) is 20.2 Å². The second-order valence-corrected chi connectivity index (χ2v) is 8.59. The molecule has 1 amide bonds. The first-order valence-corrected chi connectivity index (χ1v) is 10.7. The van der Waals surface area contributed by atoms with Crippen LogP contribution in [0.5, 0.6) is 5.75 Å². The number of benzene rings is 3. The molecule has 10 heteroatoms. The molecule has 1 N–H and O–H groups in total. The molecular formula is C21H17ClF2N2O4S. The molecule has 0 aliphatic rings. The maximum Gasteiger partial charge on any atom is 0.264 e. The monoisotopic (exact) mass is 466 g/mol. The third-order valence-electron chi connectivity index (χ3n) is 4.25. The quantitative estimate of drug-likeness (QED) is 0.557. The van der Waals surface area contributed by atoms with E-state index < -0.39 is 34.1 Å². The first-order chi connectivity index (χ1) is 14.7. The van der Waals surface area contributed by atoms with Crippen molar-refractivity contribution in [2.24, 2.45) is 0 Å². The number of hydrogen-bond donors (Lipinski definition) is 1. The highest BCUT2D eigenvalue weighted by Gasteiger charge is 2.28. The van der Waals surface area contributed by atoms with Crippen molar-refractivity contribution in [1.82, 2.24) is 0 Å². The lowest BCUT2D eigenvalue weighted by molar-refractivity contribution is -0.114. The van der Waals surface area contributed by atoms with Gasteiger partial charge in [-0.2, -0.15) is 0 Å². The van der Waals surface area contributed by atoms with E-state index in [0.29, 0.717) is 11.8 Å². The van der Waals surface area contributed by atoms with Crippen LogP contribution >= 0.6 is 11.6 Å². The van der Waals surface area contributed by atoms with Crippen LogP contribution in [-0.2, 0) is 14.8 Å². The van der Waals surface area contributed by atoms with Crippen LogP contribution in [0, 0.1) is 11.6 Å². The lowest BCUT2D eigenvalue weighted by atomic mass is 10.3. The topological polar surface area (TPSA) is 75.7 Å². The summed E-state index contributed by atoms with van der Waals surface area (Å²) < 4.78 is 59.4. The molecule has 0 atom stereocenters. The number of amides is 1. The molecule has 0 saturated heterocycles. The van der Waals surface area contributed by atoms with E-state index in [1.54, 1.807) is 18.2 Å². The Morgan fingerprint density at radius 3 is 2.39 bits per heavy atom. The lowest BCUT2D eigenvalue weighted by Gasteiger charge is -2.24. The SMILES string of the molecule is COc1ccc(N(CC(=O)Nc2ccc(F)cc2F)S(=O)(=O)c2ccccc2)cc1Cl. The molecule has 0 heterocycles. The lowest BCUT2D eigenvalue weighted by Crippen LogP contribution is -2.38. The average molecular weight is 467 g/mol. The van der Waals surface area contributed by atoms with Gasteiger partial charge in [0.2, 0.25) is 5.91 Å². The highest BCUT2D eigenvalue weighted by molar-refractivity contribution is 7.92. The van der Waals surface area contributed by atoms with Crippen molar-refractivity contribution in [2.75, 3.05) is 23.3 Å². The van der Waals surface area contributed by atoms with Crippen LogP contribution in [0.15, 0.2) is 71.6 Å². The third kappa shape index (κ3) is 5.12. The van der Waals surface area contributed by atoms with Gasteiger partial charge >= 0.3 is 0 Å². The molecular weight excluding hydrogens is 450 g/mol. The summed E-state index contributed by atoms with van der Waals surface area (Å²) in [6.07, 6.45) is 0. The van der Waals surface area contributed by atoms with Gasteiger partial charge in [0.1, 0.15) is 23.9 Å². The maximum absolute atomic E-state index is 13.9. The van der Waals surface area contributed by atoms with Gasteiger partial charge in [0, 0.05) is 6.07 Å². The number of nitrogens with one attached hydrogen (secondary N) is 1. The molecule has 0 fully saturated rings. The van der Waals surface area contributed by atoms with Crippen molar-refractivity contribution >= 4 is 38.9 Å². The Labute approximate surface area is 183 Å². The third-order valence-corrected chi connectivity index (χ3v) is 6.33. The Kier molecular flexibility index (Phi) is 6.77. The normalized spacial score (nSPS) is 11.1. The zero-order chi connectivity index (χ0) is 22.6. The molecule has 3 aromatic rings. The standard InChI is InChI=1S/C21H17ClF2N2O4S/c1-30-20-10-8-15(12-17(20)22)26(31(28,29)16-5-3-2-4-6-16)13-21(27)25-19-9-7-14(23)11-18(19)24/h2-12H,13H2,1H3,(H,25,27). The fraction of sp³-hybridized carbons (Fsp3) is 0.0952. The number of methoxy groups -OCH3 is 1. The van der Waals surface area contributed by atoms with Gasteiger partial charge in [-0.3, -0.25) is 9.10 Å². The number of halogens is 3. The van der Waals surface area contributed by atoms with Crippen LogP contribution in [0.3, 0.4) is 0 Å². The van der Waals surface area contributed by atoms with Crippen molar-refractivity contribution in [3.63, 3.8) is 0 Å². The van der Waals surface area contributed by atoms with Crippen molar-refractivity contribution in [3.8, 4) is 5.75 Å². The number of anilines is 2. The summed E-state index contributed by atoms with van der Waals surface area (Å²) in [6, 6.07) is 14.3. The molecule has 0 spiro atoms. The van der Waals surface area contributed by atoms with Crippen molar-refractivity contribution in [2.45, 2.75) is 4.90 Å².